The predicted octanol–water partition coefficient (Wildman–Crippen LogP) is 2.06. The van der Waals surface area contributed by atoms with Gasteiger partial charge in [-0.3, -0.25) is 0 Å². The molecular formula is C13H21N3O. The zero-order valence-electron chi connectivity index (χ0n) is 10.7. The van der Waals surface area contributed by atoms with E-state index in [9.17, 15) is 5.11 Å². The highest BCUT2D eigenvalue weighted by Crippen LogP contribution is 2.37. The average molecular weight is 235 g/mol. The Morgan fingerprint density at radius 3 is 2.71 bits per heavy atom. The van der Waals surface area contributed by atoms with Crippen LogP contribution in [0.3, 0.4) is 0 Å². The Bertz CT molecular complexity index is 386. The third-order valence-electron chi connectivity index (χ3n) is 3.72. The van der Waals surface area contributed by atoms with Crippen LogP contribution in [-0.4, -0.2) is 28.2 Å². The fourth-order valence-electron chi connectivity index (χ4n) is 2.50. The SMILES string of the molecule is Cc1ncc(C)c(NCC2(CO)CCCC2)n1. The van der Waals surface area contributed by atoms with Crippen molar-refractivity contribution in [1.82, 2.24) is 9.97 Å². The number of hydrogen-bond donors (Lipinski definition) is 2. The zero-order chi connectivity index (χ0) is 12.3. The number of aliphatic hydroxyl groups is 1. The van der Waals surface area contributed by atoms with Crippen molar-refractivity contribution in [3.8, 4) is 0 Å². The van der Waals surface area contributed by atoms with E-state index in [0.717, 1.165) is 36.6 Å². The second kappa shape index (κ2) is 5.00. The molecule has 4 heteroatoms. The molecule has 1 aliphatic rings. The maximum absolute atomic E-state index is 9.55. The second-order valence-electron chi connectivity index (χ2n) is 5.17. The summed E-state index contributed by atoms with van der Waals surface area (Å²) >= 11 is 0. The highest BCUT2D eigenvalue weighted by atomic mass is 16.3. The van der Waals surface area contributed by atoms with Gasteiger partial charge in [-0.1, -0.05) is 12.8 Å². The van der Waals surface area contributed by atoms with Crippen molar-refractivity contribution >= 4 is 5.82 Å². The second-order valence-corrected chi connectivity index (χ2v) is 5.17. The van der Waals surface area contributed by atoms with E-state index in [0.29, 0.717) is 0 Å². The molecular weight excluding hydrogens is 214 g/mol. The van der Waals surface area contributed by atoms with Gasteiger partial charge in [-0.25, -0.2) is 9.97 Å². The molecule has 0 unspecified atom stereocenters. The Kier molecular flexibility index (Phi) is 3.62. The maximum Gasteiger partial charge on any atom is 0.132 e. The molecule has 0 saturated heterocycles. The van der Waals surface area contributed by atoms with E-state index in [1.165, 1.54) is 12.8 Å². The van der Waals surface area contributed by atoms with E-state index in [-0.39, 0.29) is 12.0 Å². The van der Waals surface area contributed by atoms with Crippen LogP contribution in [0.5, 0.6) is 0 Å². The minimum absolute atomic E-state index is 0.0608. The Hall–Kier alpha value is -1.16. The van der Waals surface area contributed by atoms with Crippen molar-refractivity contribution in [2.24, 2.45) is 5.41 Å². The molecule has 0 spiro atoms. The summed E-state index contributed by atoms with van der Waals surface area (Å²) in [7, 11) is 0. The summed E-state index contributed by atoms with van der Waals surface area (Å²) in [5.74, 6) is 1.68. The lowest BCUT2D eigenvalue weighted by Gasteiger charge is -2.27. The van der Waals surface area contributed by atoms with Gasteiger partial charge in [0.15, 0.2) is 0 Å². The summed E-state index contributed by atoms with van der Waals surface area (Å²) in [6, 6.07) is 0. The lowest BCUT2D eigenvalue weighted by Crippen LogP contribution is -2.31. The van der Waals surface area contributed by atoms with Crippen molar-refractivity contribution in [2.45, 2.75) is 39.5 Å². The van der Waals surface area contributed by atoms with E-state index in [1.54, 1.807) is 0 Å². The molecule has 1 heterocycles. The van der Waals surface area contributed by atoms with Crippen LogP contribution in [0.2, 0.25) is 0 Å². The molecule has 94 valence electrons. The number of aliphatic hydroxyl groups excluding tert-OH is 1. The largest absolute Gasteiger partial charge is 0.396 e. The van der Waals surface area contributed by atoms with E-state index in [4.69, 9.17) is 0 Å². The average Bonchev–Trinajstić information content (AvgIpc) is 2.80. The molecule has 1 fully saturated rings. The number of rotatable bonds is 4. The van der Waals surface area contributed by atoms with Crippen molar-refractivity contribution < 1.29 is 5.11 Å². The Morgan fingerprint density at radius 1 is 1.35 bits per heavy atom. The first-order valence-corrected chi connectivity index (χ1v) is 6.30. The first kappa shape index (κ1) is 12.3. The summed E-state index contributed by atoms with van der Waals surface area (Å²) in [4.78, 5) is 8.55. The minimum Gasteiger partial charge on any atom is -0.396 e. The van der Waals surface area contributed by atoms with Crippen molar-refractivity contribution in [3.63, 3.8) is 0 Å². The van der Waals surface area contributed by atoms with E-state index in [2.05, 4.69) is 15.3 Å². The van der Waals surface area contributed by atoms with Crippen LogP contribution < -0.4 is 5.32 Å². The predicted molar refractivity (Wildman–Crippen MR) is 68.0 cm³/mol. The van der Waals surface area contributed by atoms with E-state index >= 15 is 0 Å². The van der Waals surface area contributed by atoms with Crippen LogP contribution in [-0.2, 0) is 0 Å². The molecule has 0 amide bonds. The van der Waals surface area contributed by atoms with Gasteiger partial charge in [-0.2, -0.15) is 0 Å². The van der Waals surface area contributed by atoms with Gasteiger partial charge in [-0.15, -0.1) is 0 Å². The molecule has 1 aromatic heterocycles. The molecule has 17 heavy (non-hydrogen) atoms. The molecule has 1 aromatic rings. The van der Waals surface area contributed by atoms with Gasteiger partial charge in [0.1, 0.15) is 11.6 Å². The highest BCUT2D eigenvalue weighted by molar-refractivity contribution is 5.42. The van der Waals surface area contributed by atoms with Crippen molar-refractivity contribution in [2.75, 3.05) is 18.5 Å². The topological polar surface area (TPSA) is 58.0 Å². The van der Waals surface area contributed by atoms with Gasteiger partial charge in [0.2, 0.25) is 0 Å². The fourth-order valence-corrected chi connectivity index (χ4v) is 2.50. The number of nitrogens with zero attached hydrogens (tertiary/aromatic N) is 2. The van der Waals surface area contributed by atoms with Gasteiger partial charge >= 0.3 is 0 Å². The lowest BCUT2D eigenvalue weighted by molar-refractivity contribution is 0.142. The highest BCUT2D eigenvalue weighted by Gasteiger charge is 2.33. The zero-order valence-corrected chi connectivity index (χ0v) is 10.7. The standard InChI is InChI=1S/C13H21N3O/c1-10-7-14-11(2)16-12(10)15-8-13(9-17)5-3-4-6-13/h7,17H,3-6,8-9H2,1-2H3,(H,14,15,16). The summed E-state index contributed by atoms with van der Waals surface area (Å²) in [5.41, 5.74) is 1.12. The van der Waals surface area contributed by atoms with Gasteiger partial charge < -0.3 is 10.4 Å². The third kappa shape index (κ3) is 2.75. The van der Waals surface area contributed by atoms with Crippen LogP contribution in [0.15, 0.2) is 6.20 Å². The molecule has 1 aliphatic carbocycles. The third-order valence-corrected chi connectivity index (χ3v) is 3.72. The molecule has 2 N–H and O–H groups in total. The molecule has 2 rings (SSSR count). The number of anilines is 1. The van der Waals surface area contributed by atoms with Crippen LogP contribution in [0, 0.1) is 19.3 Å². The van der Waals surface area contributed by atoms with Gasteiger partial charge in [0, 0.05) is 23.7 Å². The van der Waals surface area contributed by atoms with Crippen LogP contribution in [0.25, 0.3) is 0 Å². The normalized spacial score (nSPS) is 18.3. The van der Waals surface area contributed by atoms with Gasteiger partial charge in [0.25, 0.3) is 0 Å². The van der Waals surface area contributed by atoms with E-state index < -0.39 is 0 Å². The Labute approximate surface area is 102 Å². The van der Waals surface area contributed by atoms with Crippen LogP contribution >= 0.6 is 0 Å². The fraction of sp³-hybridized carbons (Fsp3) is 0.692. The number of aryl methyl sites for hydroxylation is 2. The molecule has 0 radical (unpaired) electrons. The van der Waals surface area contributed by atoms with Gasteiger partial charge in [0.05, 0.1) is 6.61 Å². The molecule has 1 saturated carbocycles. The van der Waals surface area contributed by atoms with Gasteiger partial charge in [-0.05, 0) is 26.7 Å². The van der Waals surface area contributed by atoms with E-state index in [1.807, 2.05) is 20.0 Å². The summed E-state index contributed by atoms with van der Waals surface area (Å²) in [5, 5.41) is 12.9. The smallest absolute Gasteiger partial charge is 0.132 e. The number of nitrogens with one attached hydrogen (secondary N) is 1. The molecule has 0 atom stereocenters. The number of hydrogen-bond acceptors (Lipinski definition) is 4. The van der Waals surface area contributed by atoms with Crippen LogP contribution in [0.1, 0.15) is 37.1 Å². The molecule has 4 nitrogen and oxygen atoms in total. The summed E-state index contributed by atoms with van der Waals surface area (Å²) in [6.07, 6.45) is 6.51. The van der Waals surface area contributed by atoms with Crippen LogP contribution in [0.4, 0.5) is 5.82 Å². The number of aromatic nitrogens is 2. The quantitative estimate of drug-likeness (QED) is 0.838. The molecule has 0 bridgehead atoms. The Balaban J connectivity index is 2.03. The molecule has 0 aromatic carbocycles. The maximum atomic E-state index is 9.55. The Morgan fingerprint density at radius 2 is 2.06 bits per heavy atom. The lowest BCUT2D eigenvalue weighted by atomic mass is 9.87. The first-order valence-electron chi connectivity index (χ1n) is 6.30. The summed E-state index contributed by atoms with van der Waals surface area (Å²) < 4.78 is 0. The first-order chi connectivity index (χ1) is 8.15. The monoisotopic (exact) mass is 235 g/mol. The van der Waals surface area contributed by atoms with Crippen molar-refractivity contribution in [3.05, 3.63) is 17.6 Å². The minimum atomic E-state index is 0.0608. The molecule has 0 aliphatic heterocycles. The van der Waals surface area contributed by atoms with Crippen molar-refractivity contribution in [1.29, 1.82) is 0 Å². The summed E-state index contributed by atoms with van der Waals surface area (Å²) in [6.45, 7) is 4.97.